The van der Waals surface area contributed by atoms with Gasteiger partial charge in [0.25, 0.3) is 0 Å². The van der Waals surface area contributed by atoms with Crippen LogP contribution in [0.1, 0.15) is 44.7 Å². The van der Waals surface area contributed by atoms with E-state index in [1.54, 1.807) is 0 Å². The van der Waals surface area contributed by atoms with Crippen LogP contribution in [0, 0.1) is 12.8 Å². The molecule has 4 heteroatoms. The molecule has 2 rings (SSSR count). The lowest BCUT2D eigenvalue weighted by Gasteiger charge is -2.22. The molecule has 19 heavy (non-hydrogen) atoms. The fourth-order valence-corrected chi connectivity index (χ4v) is 2.92. The predicted molar refractivity (Wildman–Crippen MR) is 80.8 cm³/mol. The third-order valence-corrected chi connectivity index (χ3v) is 3.93. The smallest absolute Gasteiger partial charge is 0.224 e. The average Bonchev–Trinajstić information content (AvgIpc) is 2.64. The Morgan fingerprint density at radius 1 is 1.32 bits per heavy atom. The third kappa shape index (κ3) is 3.82. The van der Waals surface area contributed by atoms with Crippen molar-refractivity contribution in [2.45, 2.75) is 46.0 Å². The van der Waals surface area contributed by atoms with E-state index >= 15 is 0 Å². The Balaban J connectivity index is 2.07. The third-order valence-electron chi connectivity index (χ3n) is 3.93. The Morgan fingerprint density at radius 3 is 2.89 bits per heavy atom. The van der Waals surface area contributed by atoms with E-state index in [2.05, 4.69) is 33.2 Å². The van der Waals surface area contributed by atoms with E-state index in [9.17, 15) is 0 Å². The summed E-state index contributed by atoms with van der Waals surface area (Å²) in [6.07, 6.45) is 6.63. The number of hydrogen-bond acceptors (Lipinski definition) is 4. The van der Waals surface area contributed by atoms with Gasteiger partial charge >= 0.3 is 0 Å². The van der Waals surface area contributed by atoms with E-state index in [1.165, 1.54) is 32.1 Å². The summed E-state index contributed by atoms with van der Waals surface area (Å²) in [7, 11) is 1.87. The summed E-state index contributed by atoms with van der Waals surface area (Å²) < 4.78 is 0. The van der Waals surface area contributed by atoms with Gasteiger partial charge in [0.15, 0.2) is 0 Å². The molecule has 0 amide bonds. The van der Waals surface area contributed by atoms with Crippen molar-refractivity contribution < 1.29 is 0 Å². The van der Waals surface area contributed by atoms with E-state index in [0.717, 1.165) is 36.5 Å². The molecule has 1 aromatic heterocycles. The molecule has 1 N–H and O–H groups in total. The molecule has 0 aromatic carbocycles. The maximum atomic E-state index is 4.59. The maximum absolute atomic E-state index is 4.59. The fourth-order valence-electron chi connectivity index (χ4n) is 2.92. The van der Waals surface area contributed by atoms with Gasteiger partial charge in [-0.15, -0.1) is 0 Å². The fraction of sp³-hybridized carbons (Fsp3) is 0.733. The van der Waals surface area contributed by atoms with Gasteiger partial charge in [0.2, 0.25) is 5.95 Å². The van der Waals surface area contributed by atoms with Gasteiger partial charge in [0.05, 0.1) is 0 Å². The SMILES string of the molecule is CCCC1CCCN(c2cc(C)nc(NC)n2)CC1. The van der Waals surface area contributed by atoms with Crippen molar-refractivity contribution in [1.82, 2.24) is 9.97 Å². The molecule has 0 aliphatic carbocycles. The Morgan fingerprint density at radius 2 is 2.16 bits per heavy atom. The number of nitrogens with zero attached hydrogens (tertiary/aromatic N) is 3. The lowest BCUT2D eigenvalue weighted by atomic mass is 9.96. The van der Waals surface area contributed by atoms with E-state index < -0.39 is 0 Å². The minimum Gasteiger partial charge on any atom is -0.357 e. The van der Waals surface area contributed by atoms with Gasteiger partial charge in [-0.2, -0.15) is 4.98 Å². The molecule has 0 radical (unpaired) electrons. The molecule has 0 saturated carbocycles. The highest BCUT2D eigenvalue weighted by Gasteiger charge is 2.18. The summed E-state index contributed by atoms with van der Waals surface area (Å²) in [6, 6.07) is 2.10. The van der Waals surface area contributed by atoms with Crippen LogP contribution >= 0.6 is 0 Å². The largest absolute Gasteiger partial charge is 0.357 e. The standard InChI is InChI=1S/C15H26N4/c1-4-6-13-7-5-9-19(10-8-13)14-11-12(2)17-15(16-3)18-14/h11,13H,4-10H2,1-3H3,(H,16,17,18). The summed E-state index contributed by atoms with van der Waals surface area (Å²) in [5.74, 6) is 2.71. The number of anilines is 2. The Kier molecular flexibility index (Phi) is 5.00. The van der Waals surface area contributed by atoms with Crippen molar-refractivity contribution in [1.29, 1.82) is 0 Å². The van der Waals surface area contributed by atoms with Gasteiger partial charge < -0.3 is 10.2 Å². The van der Waals surface area contributed by atoms with E-state index in [1.807, 2.05) is 14.0 Å². The van der Waals surface area contributed by atoms with Gasteiger partial charge in [0, 0.05) is 31.9 Å². The first-order valence-corrected chi connectivity index (χ1v) is 7.51. The van der Waals surface area contributed by atoms with E-state index in [-0.39, 0.29) is 0 Å². The summed E-state index contributed by atoms with van der Waals surface area (Å²) in [6.45, 7) is 6.57. The molecule has 1 unspecified atom stereocenters. The van der Waals surface area contributed by atoms with Gasteiger partial charge in [-0.25, -0.2) is 4.98 Å². The van der Waals surface area contributed by atoms with Gasteiger partial charge in [0.1, 0.15) is 5.82 Å². The molecule has 2 heterocycles. The van der Waals surface area contributed by atoms with Crippen LogP contribution in [0.5, 0.6) is 0 Å². The van der Waals surface area contributed by atoms with Crippen molar-refractivity contribution in [3.05, 3.63) is 11.8 Å². The number of rotatable bonds is 4. The highest BCUT2D eigenvalue weighted by atomic mass is 15.2. The number of nitrogens with one attached hydrogen (secondary N) is 1. The zero-order chi connectivity index (χ0) is 13.7. The Bertz CT molecular complexity index is 405. The highest BCUT2D eigenvalue weighted by Crippen LogP contribution is 2.25. The molecule has 1 aliphatic rings. The zero-order valence-electron chi connectivity index (χ0n) is 12.4. The molecular formula is C15H26N4. The quantitative estimate of drug-likeness (QED) is 0.904. The molecule has 1 saturated heterocycles. The molecule has 0 bridgehead atoms. The number of aromatic nitrogens is 2. The van der Waals surface area contributed by atoms with Gasteiger partial charge in [-0.1, -0.05) is 19.8 Å². The lowest BCUT2D eigenvalue weighted by Crippen LogP contribution is -2.25. The summed E-state index contributed by atoms with van der Waals surface area (Å²) in [5, 5.41) is 3.04. The average molecular weight is 262 g/mol. The van der Waals surface area contributed by atoms with Crippen molar-refractivity contribution in [2.75, 3.05) is 30.4 Å². The van der Waals surface area contributed by atoms with E-state index in [4.69, 9.17) is 0 Å². The zero-order valence-corrected chi connectivity index (χ0v) is 12.4. The van der Waals surface area contributed by atoms with Gasteiger partial charge in [-0.05, 0) is 32.1 Å². The number of hydrogen-bond donors (Lipinski definition) is 1. The second kappa shape index (κ2) is 6.73. The predicted octanol–water partition coefficient (Wildman–Crippen LogP) is 3.23. The summed E-state index contributed by atoms with van der Waals surface area (Å²) >= 11 is 0. The van der Waals surface area contributed by atoms with Crippen molar-refractivity contribution in [3.63, 3.8) is 0 Å². The Hall–Kier alpha value is -1.32. The van der Waals surface area contributed by atoms with Crippen LogP contribution in [0.25, 0.3) is 0 Å². The van der Waals surface area contributed by atoms with Crippen LogP contribution in [0.2, 0.25) is 0 Å². The van der Waals surface area contributed by atoms with Crippen LogP contribution in [0.4, 0.5) is 11.8 Å². The monoisotopic (exact) mass is 262 g/mol. The first-order chi connectivity index (χ1) is 9.22. The molecule has 1 fully saturated rings. The van der Waals surface area contributed by atoms with Crippen LogP contribution in [0.3, 0.4) is 0 Å². The topological polar surface area (TPSA) is 41.1 Å². The number of aryl methyl sites for hydroxylation is 1. The van der Waals surface area contributed by atoms with Crippen molar-refractivity contribution in [3.8, 4) is 0 Å². The molecule has 0 spiro atoms. The van der Waals surface area contributed by atoms with Crippen LogP contribution in [-0.2, 0) is 0 Å². The van der Waals surface area contributed by atoms with Crippen molar-refractivity contribution in [2.24, 2.45) is 5.92 Å². The first-order valence-electron chi connectivity index (χ1n) is 7.51. The molecule has 106 valence electrons. The van der Waals surface area contributed by atoms with Crippen molar-refractivity contribution >= 4 is 11.8 Å². The lowest BCUT2D eigenvalue weighted by molar-refractivity contribution is 0.435. The minimum atomic E-state index is 0.726. The molecular weight excluding hydrogens is 236 g/mol. The summed E-state index contributed by atoms with van der Waals surface area (Å²) in [4.78, 5) is 11.4. The highest BCUT2D eigenvalue weighted by molar-refractivity contribution is 5.44. The molecule has 1 aliphatic heterocycles. The first kappa shape index (κ1) is 14.1. The normalized spacial score (nSPS) is 20.2. The maximum Gasteiger partial charge on any atom is 0.224 e. The second-order valence-electron chi connectivity index (χ2n) is 5.51. The molecule has 4 nitrogen and oxygen atoms in total. The van der Waals surface area contributed by atoms with Crippen LogP contribution in [-0.4, -0.2) is 30.1 Å². The second-order valence-corrected chi connectivity index (χ2v) is 5.51. The summed E-state index contributed by atoms with van der Waals surface area (Å²) in [5.41, 5.74) is 1.03. The molecule has 1 aromatic rings. The van der Waals surface area contributed by atoms with E-state index in [0.29, 0.717) is 0 Å². The minimum absolute atomic E-state index is 0.726. The van der Waals surface area contributed by atoms with Crippen LogP contribution < -0.4 is 10.2 Å². The Labute approximate surface area is 116 Å². The molecule has 1 atom stereocenters. The van der Waals surface area contributed by atoms with Crippen LogP contribution in [0.15, 0.2) is 6.07 Å². The van der Waals surface area contributed by atoms with Gasteiger partial charge in [-0.3, -0.25) is 0 Å².